The van der Waals surface area contributed by atoms with Gasteiger partial charge in [-0.3, -0.25) is 4.98 Å². The zero-order valence-corrected chi connectivity index (χ0v) is 15.6. The van der Waals surface area contributed by atoms with Crippen LogP contribution < -0.4 is 4.74 Å². The summed E-state index contributed by atoms with van der Waals surface area (Å²) in [5, 5.41) is 5.59. The van der Waals surface area contributed by atoms with Crippen molar-refractivity contribution >= 4 is 10.9 Å². The largest absolute Gasteiger partial charge is 0.487 e. The molecule has 0 aliphatic heterocycles. The first kappa shape index (κ1) is 17.1. The van der Waals surface area contributed by atoms with Gasteiger partial charge in [0, 0.05) is 23.3 Å². The molecule has 0 unspecified atom stereocenters. The van der Waals surface area contributed by atoms with Crippen LogP contribution in [0.5, 0.6) is 5.75 Å². The molecule has 3 aromatic heterocycles. The molecular formula is C24H18N4O. The highest BCUT2D eigenvalue weighted by Gasteiger charge is 2.08. The summed E-state index contributed by atoms with van der Waals surface area (Å²) in [6, 6.07) is 26.0. The summed E-state index contributed by atoms with van der Waals surface area (Å²) in [4.78, 5) is 8.73. The fourth-order valence-electron chi connectivity index (χ4n) is 3.28. The zero-order chi connectivity index (χ0) is 19.5. The molecule has 5 heteroatoms. The Bertz CT molecular complexity index is 1250. The second-order valence-electron chi connectivity index (χ2n) is 6.64. The fourth-order valence-corrected chi connectivity index (χ4v) is 3.28. The molecule has 5 rings (SSSR count). The number of para-hydroxylation sites is 1. The summed E-state index contributed by atoms with van der Waals surface area (Å²) in [6.07, 6.45) is 5.36. The third kappa shape index (κ3) is 3.58. The van der Waals surface area contributed by atoms with E-state index in [1.54, 1.807) is 18.6 Å². The van der Waals surface area contributed by atoms with Crippen LogP contribution in [0.25, 0.3) is 27.8 Å². The van der Waals surface area contributed by atoms with E-state index in [9.17, 15) is 0 Å². The predicted octanol–water partition coefficient (Wildman–Crippen LogP) is 5.06. The maximum Gasteiger partial charge on any atom is 0.130 e. The van der Waals surface area contributed by atoms with E-state index in [1.807, 2.05) is 71.4 Å². The minimum absolute atomic E-state index is 0.425. The number of aromatic nitrogens is 4. The molecule has 0 saturated heterocycles. The molecule has 5 aromatic rings. The lowest BCUT2D eigenvalue weighted by Crippen LogP contribution is -2.00. The Morgan fingerprint density at radius 2 is 1.59 bits per heavy atom. The summed E-state index contributed by atoms with van der Waals surface area (Å²) >= 11 is 0. The summed E-state index contributed by atoms with van der Waals surface area (Å²) < 4.78 is 7.83. The Hall–Kier alpha value is -3.99. The van der Waals surface area contributed by atoms with Crippen molar-refractivity contribution in [3.63, 3.8) is 0 Å². The van der Waals surface area contributed by atoms with E-state index in [1.165, 1.54) is 0 Å². The molecule has 0 bridgehead atoms. The Kier molecular flexibility index (Phi) is 4.47. The predicted molar refractivity (Wildman–Crippen MR) is 113 cm³/mol. The fraction of sp³-hybridized carbons (Fsp3) is 0.0417. The lowest BCUT2D eigenvalue weighted by Gasteiger charge is -2.10. The van der Waals surface area contributed by atoms with E-state index in [0.29, 0.717) is 6.61 Å². The van der Waals surface area contributed by atoms with E-state index in [0.717, 1.165) is 39.3 Å². The van der Waals surface area contributed by atoms with Gasteiger partial charge in [0.05, 0.1) is 28.8 Å². The SMILES string of the molecule is c1ccc2nc(COc3ccc(-n4nccc4-c4ccncc4)cc3)ccc2c1. The van der Waals surface area contributed by atoms with Crippen LogP contribution in [0.3, 0.4) is 0 Å². The van der Waals surface area contributed by atoms with Crippen LogP contribution >= 0.6 is 0 Å². The molecule has 0 amide bonds. The van der Waals surface area contributed by atoms with E-state index in [-0.39, 0.29) is 0 Å². The second kappa shape index (κ2) is 7.56. The minimum Gasteiger partial charge on any atom is -0.487 e. The molecule has 2 aromatic carbocycles. The molecule has 0 aliphatic carbocycles. The quantitative estimate of drug-likeness (QED) is 0.429. The molecule has 29 heavy (non-hydrogen) atoms. The van der Waals surface area contributed by atoms with Crippen molar-refractivity contribution in [3.8, 4) is 22.7 Å². The molecular weight excluding hydrogens is 360 g/mol. The van der Waals surface area contributed by atoms with Gasteiger partial charge in [-0.15, -0.1) is 0 Å². The summed E-state index contributed by atoms with van der Waals surface area (Å²) in [6.45, 7) is 0.425. The normalized spacial score (nSPS) is 10.9. The lowest BCUT2D eigenvalue weighted by atomic mass is 10.2. The smallest absolute Gasteiger partial charge is 0.130 e. The van der Waals surface area contributed by atoms with Gasteiger partial charge in [-0.05, 0) is 54.6 Å². The molecule has 0 N–H and O–H groups in total. The minimum atomic E-state index is 0.425. The van der Waals surface area contributed by atoms with Gasteiger partial charge in [0.15, 0.2) is 0 Å². The molecule has 3 heterocycles. The van der Waals surface area contributed by atoms with Crippen molar-refractivity contribution in [2.45, 2.75) is 6.61 Å². The molecule has 0 fully saturated rings. The van der Waals surface area contributed by atoms with E-state index in [2.05, 4.69) is 27.2 Å². The number of hydrogen-bond donors (Lipinski definition) is 0. The van der Waals surface area contributed by atoms with Crippen LogP contribution in [-0.2, 0) is 6.61 Å². The number of pyridine rings is 2. The molecule has 5 nitrogen and oxygen atoms in total. The molecule has 0 aliphatic rings. The van der Waals surface area contributed by atoms with E-state index in [4.69, 9.17) is 4.74 Å². The molecule has 0 spiro atoms. The summed E-state index contributed by atoms with van der Waals surface area (Å²) in [5.74, 6) is 0.793. The third-order valence-corrected chi connectivity index (χ3v) is 4.74. The average Bonchev–Trinajstić information content (AvgIpc) is 3.28. The van der Waals surface area contributed by atoms with Crippen molar-refractivity contribution in [3.05, 3.63) is 103 Å². The van der Waals surface area contributed by atoms with Gasteiger partial charge < -0.3 is 4.74 Å². The number of ether oxygens (including phenoxy) is 1. The van der Waals surface area contributed by atoms with Crippen molar-refractivity contribution < 1.29 is 4.74 Å². The van der Waals surface area contributed by atoms with Crippen LogP contribution in [0, 0.1) is 0 Å². The highest BCUT2D eigenvalue weighted by molar-refractivity contribution is 5.78. The second-order valence-corrected chi connectivity index (χ2v) is 6.64. The van der Waals surface area contributed by atoms with Gasteiger partial charge in [0.25, 0.3) is 0 Å². The Balaban J connectivity index is 1.32. The standard InChI is InChI=1S/C24H18N4O/c1-2-4-23-18(3-1)5-6-20(27-23)17-29-22-9-7-21(8-10-22)28-24(13-16-26-28)19-11-14-25-15-12-19/h1-16H,17H2. The van der Waals surface area contributed by atoms with Gasteiger partial charge in [-0.1, -0.05) is 24.3 Å². The van der Waals surface area contributed by atoms with Gasteiger partial charge in [-0.2, -0.15) is 5.10 Å². The van der Waals surface area contributed by atoms with E-state index >= 15 is 0 Å². The molecule has 0 radical (unpaired) electrons. The Labute approximate surface area is 168 Å². The number of rotatable bonds is 5. The highest BCUT2D eigenvalue weighted by atomic mass is 16.5. The number of nitrogens with zero attached hydrogens (tertiary/aromatic N) is 4. The van der Waals surface area contributed by atoms with E-state index < -0.39 is 0 Å². The first-order valence-corrected chi connectivity index (χ1v) is 9.39. The van der Waals surface area contributed by atoms with Crippen molar-refractivity contribution in [1.29, 1.82) is 0 Å². The first-order chi connectivity index (χ1) is 14.4. The van der Waals surface area contributed by atoms with Gasteiger partial charge >= 0.3 is 0 Å². The highest BCUT2D eigenvalue weighted by Crippen LogP contribution is 2.23. The summed E-state index contributed by atoms with van der Waals surface area (Å²) in [7, 11) is 0. The zero-order valence-electron chi connectivity index (χ0n) is 15.6. The van der Waals surface area contributed by atoms with Crippen LogP contribution in [0.2, 0.25) is 0 Å². The molecule has 0 atom stereocenters. The monoisotopic (exact) mass is 378 g/mol. The van der Waals surface area contributed by atoms with Crippen molar-refractivity contribution in [2.75, 3.05) is 0 Å². The van der Waals surface area contributed by atoms with Gasteiger partial charge in [0.1, 0.15) is 12.4 Å². The van der Waals surface area contributed by atoms with Crippen LogP contribution in [0.1, 0.15) is 5.69 Å². The van der Waals surface area contributed by atoms with Crippen LogP contribution in [0.15, 0.2) is 97.5 Å². The Morgan fingerprint density at radius 1 is 0.759 bits per heavy atom. The molecule has 0 saturated carbocycles. The average molecular weight is 378 g/mol. The number of hydrogen-bond acceptors (Lipinski definition) is 4. The maximum atomic E-state index is 5.93. The third-order valence-electron chi connectivity index (χ3n) is 4.74. The van der Waals surface area contributed by atoms with Crippen LogP contribution in [-0.4, -0.2) is 19.7 Å². The van der Waals surface area contributed by atoms with Gasteiger partial charge in [-0.25, -0.2) is 9.67 Å². The number of benzene rings is 2. The summed E-state index contributed by atoms with van der Waals surface area (Å²) in [5.41, 5.74) is 4.94. The van der Waals surface area contributed by atoms with Gasteiger partial charge in [0.2, 0.25) is 0 Å². The molecule has 140 valence electrons. The lowest BCUT2D eigenvalue weighted by molar-refractivity contribution is 0.302. The van der Waals surface area contributed by atoms with Crippen LogP contribution in [0.4, 0.5) is 0 Å². The Morgan fingerprint density at radius 3 is 2.45 bits per heavy atom. The topological polar surface area (TPSA) is 52.8 Å². The van der Waals surface area contributed by atoms with Crippen molar-refractivity contribution in [2.24, 2.45) is 0 Å². The number of fused-ring (bicyclic) bond motifs is 1. The van der Waals surface area contributed by atoms with Crippen molar-refractivity contribution in [1.82, 2.24) is 19.7 Å². The maximum absolute atomic E-state index is 5.93. The first-order valence-electron chi connectivity index (χ1n) is 9.39.